The predicted octanol–water partition coefficient (Wildman–Crippen LogP) is 3.55. The summed E-state index contributed by atoms with van der Waals surface area (Å²) in [6.45, 7) is 6.56. The van der Waals surface area contributed by atoms with Crippen LogP contribution >= 0.6 is 23.1 Å². The van der Waals surface area contributed by atoms with Crippen molar-refractivity contribution in [1.82, 2.24) is 4.98 Å². The maximum absolute atomic E-state index is 4.60. The van der Waals surface area contributed by atoms with E-state index in [9.17, 15) is 0 Å². The standard InChI is InChI=1S/C9H15NS2/c1-5-7-9(11-4)12-8(10-7)6(2)3/h6H,5H2,1-4H3. The van der Waals surface area contributed by atoms with Gasteiger partial charge in [-0.3, -0.25) is 0 Å². The summed E-state index contributed by atoms with van der Waals surface area (Å²) in [6.07, 6.45) is 3.18. The minimum absolute atomic E-state index is 0.571. The fourth-order valence-corrected chi connectivity index (χ4v) is 2.89. The van der Waals surface area contributed by atoms with Gasteiger partial charge in [0.05, 0.1) is 14.9 Å². The molecule has 1 nitrogen and oxygen atoms in total. The van der Waals surface area contributed by atoms with Gasteiger partial charge in [0.2, 0.25) is 0 Å². The van der Waals surface area contributed by atoms with E-state index in [2.05, 4.69) is 32.0 Å². The Hall–Kier alpha value is -0.0200. The van der Waals surface area contributed by atoms with E-state index in [1.807, 2.05) is 23.1 Å². The zero-order valence-corrected chi connectivity index (χ0v) is 9.68. The summed E-state index contributed by atoms with van der Waals surface area (Å²) >= 11 is 3.66. The van der Waals surface area contributed by atoms with Crippen LogP contribution in [0.4, 0.5) is 0 Å². The fraction of sp³-hybridized carbons (Fsp3) is 0.667. The first-order chi connectivity index (χ1) is 5.69. The number of nitrogens with zero attached hydrogens (tertiary/aromatic N) is 1. The highest BCUT2D eigenvalue weighted by Crippen LogP contribution is 2.31. The Labute approximate surface area is 82.6 Å². The second kappa shape index (κ2) is 4.28. The zero-order valence-electron chi connectivity index (χ0n) is 8.05. The fourth-order valence-electron chi connectivity index (χ4n) is 0.985. The van der Waals surface area contributed by atoms with Crippen molar-refractivity contribution in [2.24, 2.45) is 0 Å². The third kappa shape index (κ3) is 2.02. The van der Waals surface area contributed by atoms with Crippen LogP contribution in [-0.4, -0.2) is 11.2 Å². The van der Waals surface area contributed by atoms with E-state index in [-0.39, 0.29) is 0 Å². The molecule has 0 spiro atoms. The number of hydrogen-bond acceptors (Lipinski definition) is 3. The highest BCUT2D eigenvalue weighted by Gasteiger charge is 2.10. The molecule has 1 aromatic heterocycles. The lowest BCUT2D eigenvalue weighted by molar-refractivity contribution is 0.838. The lowest BCUT2D eigenvalue weighted by atomic mass is 10.2. The molecule has 0 N–H and O–H groups in total. The quantitative estimate of drug-likeness (QED) is 0.694. The number of thiazole rings is 1. The summed E-state index contributed by atoms with van der Waals surface area (Å²) in [7, 11) is 0. The van der Waals surface area contributed by atoms with E-state index in [0.29, 0.717) is 5.92 Å². The Morgan fingerprint density at radius 2 is 2.17 bits per heavy atom. The number of rotatable bonds is 3. The van der Waals surface area contributed by atoms with Crippen molar-refractivity contribution in [2.45, 2.75) is 37.3 Å². The summed E-state index contributed by atoms with van der Waals surface area (Å²) in [6, 6.07) is 0. The van der Waals surface area contributed by atoms with Gasteiger partial charge in [-0.25, -0.2) is 4.98 Å². The van der Waals surface area contributed by atoms with Crippen LogP contribution < -0.4 is 0 Å². The summed E-state index contributed by atoms with van der Waals surface area (Å²) in [5.41, 5.74) is 1.27. The molecule has 68 valence electrons. The van der Waals surface area contributed by atoms with E-state index in [1.54, 1.807) is 0 Å². The van der Waals surface area contributed by atoms with Gasteiger partial charge < -0.3 is 0 Å². The molecule has 0 bridgehead atoms. The Kier molecular flexibility index (Phi) is 3.59. The van der Waals surface area contributed by atoms with Crippen LogP contribution in [-0.2, 0) is 6.42 Å². The van der Waals surface area contributed by atoms with Crippen molar-refractivity contribution in [1.29, 1.82) is 0 Å². The normalized spacial score (nSPS) is 11.1. The van der Waals surface area contributed by atoms with Gasteiger partial charge in [0.1, 0.15) is 0 Å². The van der Waals surface area contributed by atoms with Crippen LogP contribution in [0.3, 0.4) is 0 Å². The molecule has 0 atom stereocenters. The van der Waals surface area contributed by atoms with Crippen molar-refractivity contribution in [2.75, 3.05) is 6.26 Å². The van der Waals surface area contributed by atoms with Crippen molar-refractivity contribution < 1.29 is 0 Å². The van der Waals surface area contributed by atoms with Gasteiger partial charge in [-0.2, -0.15) is 0 Å². The van der Waals surface area contributed by atoms with E-state index in [1.165, 1.54) is 14.9 Å². The molecule has 0 saturated carbocycles. The molecular formula is C9H15NS2. The van der Waals surface area contributed by atoms with E-state index in [4.69, 9.17) is 0 Å². The van der Waals surface area contributed by atoms with Crippen molar-refractivity contribution in [3.05, 3.63) is 10.7 Å². The highest BCUT2D eigenvalue weighted by molar-refractivity contribution is 8.00. The Balaban J connectivity index is 2.97. The highest BCUT2D eigenvalue weighted by atomic mass is 32.2. The largest absolute Gasteiger partial charge is 0.245 e. The van der Waals surface area contributed by atoms with Gasteiger partial charge in [-0.15, -0.1) is 23.1 Å². The molecule has 3 heteroatoms. The van der Waals surface area contributed by atoms with Crippen LogP contribution in [0.2, 0.25) is 0 Å². The molecule has 0 aliphatic rings. The van der Waals surface area contributed by atoms with Crippen LogP contribution in [0.1, 0.15) is 37.4 Å². The minimum atomic E-state index is 0.571. The number of hydrogen-bond donors (Lipinski definition) is 0. The Bertz CT molecular complexity index is 232. The van der Waals surface area contributed by atoms with Crippen molar-refractivity contribution in [3.63, 3.8) is 0 Å². The predicted molar refractivity (Wildman–Crippen MR) is 57.4 cm³/mol. The van der Waals surface area contributed by atoms with Crippen molar-refractivity contribution >= 4 is 23.1 Å². The Morgan fingerprint density at radius 3 is 2.50 bits per heavy atom. The summed E-state index contributed by atoms with van der Waals surface area (Å²) in [5.74, 6) is 0.571. The van der Waals surface area contributed by atoms with Gasteiger partial charge >= 0.3 is 0 Å². The monoisotopic (exact) mass is 201 g/mol. The third-order valence-corrected chi connectivity index (χ3v) is 4.24. The van der Waals surface area contributed by atoms with Crippen molar-refractivity contribution in [3.8, 4) is 0 Å². The lowest BCUT2D eigenvalue weighted by Gasteiger charge is -1.95. The molecule has 0 fully saturated rings. The molecule has 1 rings (SSSR count). The van der Waals surface area contributed by atoms with E-state index >= 15 is 0 Å². The first kappa shape index (κ1) is 10.1. The maximum Gasteiger partial charge on any atom is 0.0965 e. The van der Waals surface area contributed by atoms with Crippen LogP contribution in [0.25, 0.3) is 0 Å². The number of aryl methyl sites for hydroxylation is 1. The second-order valence-electron chi connectivity index (χ2n) is 3.00. The summed E-state index contributed by atoms with van der Waals surface area (Å²) in [4.78, 5) is 4.60. The SMILES string of the molecule is CCc1nc(C(C)C)sc1SC. The molecule has 0 amide bonds. The van der Waals surface area contributed by atoms with Gasteiger partial charge in [-0.1, -0.05) is 20.8 Å². The van der Waals surface area contributed by atoms with Crippen LogP contribution in [0.5, 0.6) is 0 Å². The number of aromatic nitrogens is 1. The molecule has 0 saturated heterocycles. The molecule has 1 heterocycles. The lowest BCUT2D eigenvalue weighted by Crippen LogP contribution is -1.87. The first-order valence-electron chi connectivity index (χ1n) is 4.22. The minimum Gasteiger partial charge on any atom is -0.245 e. The third-order valence-electron chi connectivity index (χ3n) is 1.69. The average Bonchev–Trinajstić information content (AvgIpc) is 2.46. The topological polar surface area (TPSA) is 12.9 Å². The average molecular weight is 201 g/mol. The summed E-state index contributed by atoms with van der Waals surface area (Å²) < 4.78 is 1.39. The van der Waals surface area contributed by atoms with Gasteiger partial charge in [-0.05, 0) is 12.7 Å². The maximum atomic E-state index is 4.60. The van der Waals surface area contributed by atoms with Crippen LogP contribution in [0, 0.1) is 0 Å². The Morgan fingerprint density at radius 1 is 1.50 bits per heavy atom. The van der Waals surface area contributed by atoms with Gasteiger partial charge in [0.15, 0.2) is 0 Å². The van der Waals surface area contributed by atoms with Gasteiger partial charge in [0.25, 0.3) is 0 Å². The van der Waals surface area contributed by atoms with Gasteiger partial charge in [0, 0.05) is 5.92 Å². The molecule has 0 unspecified atom stereocenters. The molecule has 0 radical (unpaired) electrons. The molecular weight excluding hydrogens is 186 g/mol. The van der Waals surface area contributed by atoms with E-state index < -0.39 is 0 Å². The number of thioether (sulfide) groups is 1. The second-order valence-corrected chi connectivity index (χ2v) is 5.10. The first-order valence-corrected chi connectivity index (χ1v) is 6.26. The molecule has 0 aromatic carbocycles. The van der Waals surface area contributed by atoms with Crippen LogP contribution in [0.15, 0.2) is 4.21 Å². The molecule has 0 aliphatic heterocycles. The molecule has 0 aliphatic carbocycles. The van der Waals surface area contributed by atoms with E-state index in [0.717, 1.165) is 6.42 Å². The molecule has 1 aromatic rings. The summed E-state index contributed by atoms with van der Waals surface area (Å²) in [5, 5.41) is 1.27. The smallest absolute Gasteiger partial charge is 0.0965 e. The zero-order chi connectivity index (χ0) is 9.14. The molecule has 12 heavy (non-hydrogen) atoms.